The molecule has 3 nitrogen and oxygen atoms in total. The van der Waals surface area contributed by atoms with Crippen molar-refractivity contribution in [2.24, 2.45) is 0 Å². The second kappa shape index (κ2) is 17.3. The minimum Gasteiger partial charge on any atom is -0.490 e. The number of nitrogens with zero attached hydrogens (tertiary/aromatic N) is 2. The number of rotatable bonds is 20. The summed E-state index contributed by atoms with van der Waals surface area (Å²) in [5, 5.41) is 0. The Labute approximate surface area is 240 Å². The number of unbranched alkanes of at least 4 members (excludes halogenated alkanes) is 10. The Hall–Kier alpha value is -1.61. The zero-order chi connectivity index (χ0) is 28.7. The lowest BCUT2D eigenvalue weighted by molar-refractivity contribution is 0.285. The normalized spacial score (nSPS) is 12.2. The van der Waals surface area contributed by atoms with Crippen LogP contribution < -0.4 is 4.74 Å². The third kappa shape index (κ3) is 11.8. The van der Waals surface area contributed by atoms with E-state index >= 15 is 0 Å². The van der Waals surface area contributed by atoms with Gasteiger partial charge in [0.25, 0.3) is 0 Å². The molecule has 0 aliphatic heterocycles. The SMILES string of the molecule is CCCCCCCCc1cnc(-c2ccc(OCCCCCCCC[Si]C(C)(C)[Si](C)(C)C)c(F)c2F)nc1. The third-order valence-electron chi connectivity index (χ3n) is 8.08. The van der Waals surface area contributed by atoms with Gasteiger partial charge in [-0.1, -0.05) is 111 Å². The van der Waals surface area contributed by atoms with Gasteiger partial charge in [0, 0.05) is 30.0 Å². The predicted octanol–water partition coefficient (Wildman–Crippen LogP) is 10.2. The van der Waals surface area contributed by atoms with Crippen LogP contribution in [0.1, 0.15) is 103 Å². The van der Waals surface area contributed by atoms with Crippen LogP contribution in [0.15, 0.2) is 24.5 Å². The van der Waals surface area contributed by atoms with E-state index in [-0.39, 0.29) is 17.1 Å². The molecule has 0 aliphatic rings. The molecule has 0 amide bonds. The van der Waals surface area contributed by atoms with Gasteiger partial charge < -0.3 is 4.74 Å². The van der Waals surface area contributed by atoms with Crippen molar-refractivity contribution < 1.29 is 13.5 Å². The quantitative estimate of drug-likeness (QED) is 0.117. The first-order valence-electron chi connectivity index (χ1n) is 15.2. The Morgan fingerprint density at radius 1 is 0.795 bits per heavy atom. The summed E-state index contributed by atoms with van der Waals surface area (Å²) in [5.74, 6) is -1.75. The van der Waals surface area contributed by atoms with E-state index in [4.69, 9.17) is 4.74 Å². The second-order valence-corrected chi connectivity index (χ2v) is 20.8. The molecule has 218 valence electrons. The van der Waals surface area contributed by atoms with Crippen molar-refractivity contribution in [3.05, 3.63) is 41.7 Å². The fourth-order valence-electron chi connectivity index (χ4n) is 4.33. The molecule has 0 aliphatic carbocycles. The lowest BCUT2D eigenvalue weighted by atomic mass is 10.1. The molecule has 1 heterocycles. The first-order valence-corrected chi connectivity index (χ1v) is 19.9. The van der Waals surface area contributed by atoms with Gasteiger partial charge in [-0.2, -0.15) is 4.39 Å². The van der Waals surface area contributed by atoms with Crippen molar-refractivity contribution in [3.8, 4) is 17.1 Å². The average molecular weight is 575 g/mol. The molecule has 0 saturated heterocycles. The van der Waals surface area contributed by atoms with Crippen molar-refractivity contribution in [2.45, 2.75) is 135 Å². The molecule has 1 aromatic carbocycles. The van der Waals surface area contributed by atoms with Crippen LogP contribution in [-0.2, 0) is 6.42 Å². The highest BCUT2D eigenvalue weighted by Crippen LogP contribution is 2.36. The summed E-state index contributed by atoms with van der Waals surface area (Å²) in [7, 11) is -0.0404. The van der Waals surface area contributed by atoms with E-state index in [9.17, 15) is 8.78 Å². The summed E-state index contributed by atoms with van der Waals surface area (Å²) in [5.41, 5.74) is 1.10. The molecule has 1 aromatic heterocycles. The van der Waals surface area contributed by atoms with Crippen molar-refractivity contribution in [2.75, 3.05) is 6.61 Å². The van der Waals surface area contributed by atoms with Gasteiger partial charge in [-0.25, -0.2) is 14.4 Å². The van der Waals surface area contributed by atoms with E-state index in [1.807, 2.05) is 0 Å². The smallest absolute Gasteiger partial charge is 0.201 e. The Morgan fingerprint density at radius 3 is 2.03 bits per heavy atom. The number of hydrogen-bond acceptors (Lipinski definition) is 3. The minimum atomic E-state index is -1.10. The summed E-state index contributed by atoms with van der Waals surface area (Å²) in [4.78, 5) is 8.59. The van der Waals surface area contributed by atoms with Gasteiger partial charge in [-0.15, -0.1) is 0 Å². The Morgan fingerprint density at radius 2 is 1.38 bits per heavy atom. The predicted molar refractivity (Wildman–Crippen MR) is 166 cm³/mol. The van der Waals surface area contributed by atoms with Gasteiger partial charge in [0.2, 0.25) is 5.82 Å². The lowest BCUT2D eigenvalue weighted by Gasteiger charge is -2.37. The van der Waals surface area contributed by atoms with Crippen molar-refractivity contribution in [1.82, 2.24) is 9.97 Å². The highest BCUT2D eigenvalue weighted by atomic mass is 28.4. The molecule has 0 unspecified atom stereocenters. The molecule has 39 heavy (non-hydrogen) atoms. The molecular weight excluding hydrogens is 523 g/mol. The van der Waals surface area contributed by atoms with Crippen LogP contribution in [0.2, 0.25) is 30.3 Å². The van der Waals surface area contributed by atoms with Gasteiger partial charge in [0.05, 0.1) is 12.2 Å². The van der Waals surface area contributed by atoms with Crippen LogP contribution in [0.4, 0.5) is 8.78 Å². The molecule has 2 aromatic rings. The van der Waals surface area contributed by atoms with Gasteiger partial charge in [0.1, 0.15) is 0 Å². The van der Waals surface area contributed by atoms with E-state index in [0.29, 0.717) is 11.3 Å². The monoisotopic (exact) mass is 574 g/mol. The van der Waals surface area contributed by atoms with Crippen LogP contribution in [0.25, 0.3) is 11.4 Å². The molecule has 0 atom stereocenters. The molecule has 7 heteroatoms. The van der Waals surface area contributed by atoms with E-state index in [0.717, 1.165) is 47.2 Å². The van der Waals surface area contributed by atoms with E-state index in [2.05, 4.69) is 50.4 Å². The van der Waals surface area contributed by atoms with Gasteiger partial charge in [0.15, 0.2) is 17.4 Å². The number of halogens is 2. The summed E-state index contributed by atoms with van der Waals surface area (Å²) < 4.78 is 35.6. The molecule has 0 spiro atoms. The van der Waals surface area contributed by atoms with Gasteiger partial charge in [-0.3, -0.25) is 0 Å². The number of ether oxygens (including phenoxy) is 1. The maximum atomic E-state index is 14.8. The number of aryl methyl sites for hydroxylation is 1. The molecule has 0 saturated carbocycles. The first kappa shape index (κ1) is 33.6. The molecular formula is C32H52F2N2OSi2. The zero-order valence-corrected chi connectivity index (χ0v) is 27.5. The Bertz CT molecular complexity index is 962. The maximum Gasteiger partial charge on any atom is 0.201 e. The number of aromatic nitrogens is 2. The number of benzene rings is 1. The Balaban J connectivity index is 1.67. The van der Waals surface area contributed by atoms with E-state index in [1.165, 1.54) is 69.5 Å². The van der Waals surface area contributed by atoms with Gasteiger partial charge in [-0.05, 0) is 41.6 Å². The highest BCUT2D eigenvalue weighted by Gasteiger charge is 2.34. The molecule has 2 rings (SSSR count). The molecule has 2 radical (unpaired) electrons. The van der Waals surface area contributed by atoms with E-state index < -0.39 is 19.7 Å². The van der Waals surface area contributed by atoms with Crippen LogP contribution >= 0.6 is 0 Å². The summed E-state index contributed by atoms with van der Waals surface area (Å²) in [6, 6.07) is 4.35. The standard InChI is InChI=1S/C32H52F2N2OSi2/c1-7-8-9-10-13-16-19-26-24-35-31(36-25-26)27-20-21-28(30(34)29(27)33)37-22-17-14-11-12-15-18-23-38-32(2,3)39(4,5)6/h20-21,24-25H,7-19,22-23H2,1-6H3. The van der Waals surface area contributed by atoms with E-state index in [1.54, 1.807) is 12.4 Å². The average Bonchev–Trinajstić information content (AvgIpc) is 2.89. The van der Waals surface area contributed by atoms with Gasteiger partial charge >= 0.3 is 0 Å². The topological polar surface area (TPSA) is 35.0 Å². The van der Waals surface area contributed by atoms with Crippen molar-refractivity contribution in [1.29, 1.82) is 0 Å². The fourth-order valence-corrected chi connectivity index (χ4v) is 7.88. The Kier molecular flexibility index (Phi) is 14.9. The molecule has 0 bridgehead atoms. The summed E-state index contributed by atoms with van der Waals surface area (Å²) in [6.07, 6.45) is 18.6. The summed E-state index contributed by atoms with van der Waals surface area (Å²) >= 11 is 0. The first-order chi connectivity index (χ1) is 18.6. The van der Waals surface area contributed by atoms with Crippen LogP contribution in [-0.4, -0.2) is 34.2 Å². The minimum absolute atomic E-state index is 0.0399. The fraction of sp³-hybridized carbons (Fsp3) is 0.688. The lowest BCUT2D eigenvalue weighted by Crippen LogP contribution is -2.39. The third-order valence-corrected chi connectivity index (χ3v) is 16.1. The molecule has 0 fully saturated rings. The summed E-state index contributed by atoms with van der Waals surface area (Å²) in [6.45, 7) is 14.9. The number of hydrogen-bond donors (Lipinski definition) is 0. The van der Waals surface area contributed by atoms with Crippen molar-refractivity contribution in [3.63, 3.8) is 0 Å². The van der Waals surface area contributed by atoms with Crippen LogP contribution in [0.5, 0.6) is 5.75 Å². The highest BCUT2D eigenvalue weighted by molar-refractivity contribution is 6.87. The van der Waals surface area contributed by atoms with Crippen molar-refractivity contribution >= 4 is 17.6 Å². The largest absolute Gasteiger partial charge is 0.490 e. The maximum absolute atomic E-state index is 14.8. The van der Waals surface area contributed by atoms with Crippen LogP contribution in [0, 0.1) is 11.6 Å². The second-order valence-electron chi connectivity index (χ2n) is 12.4. The van der Waals surface area contributed by atoms with Crippen LogP contribution in [0.3, 0.4) is 0 Å². The zero-order valence-electron chi connectivity index (χ0n) is 25.5. The molecule has 0 N–H and O–H groups in total.